The summed E-state index contributed by atoms with van der Waals surface area (Å²) in [6, 6.07) is 2.52. The third-order valence-electron chi connectivity index (χ3n) is 2.94. The van der Waals surface area contributed by atoms with Gasteiger partial charge in [-0.1, -0.05) is 13.8 Å². The van der Waals surface area contributed by atoms with Gasteiger partial charge in [-0.2, -0.15) is 0 Å². The molecule has 1 heterocycles. The number of aromatic nitrogens is 1. The fraction of sp³-hybridized carbons (Fsp3) is 0.500. The Hall–Kier alpha value is -2.15. The van der Waals surface area contributed by atoms with Crippen LogP contribution in [0.5, 0.6) is 0 Å². The molecule has 0 aliphatic rings. The van der Waals surface area contributed by atoms with E-state index < -0.39 is 5.97 Å². The maximum absolute atomic E-state index is 11.7. The van der Waals surface area contributed by atoms with E-state index in [9.17, 15) is 9.59 Å². The number of carboxylic acids is 1. The molecule has 0 unspecified atom stereocenters. The Morgan fingerprint density at radius 1 is 1.29 bits per heavy atom. The number of hydrogen-bond acceptors (Lipinski definition) is 4. The third-order valence-corrected chi connectivity index (χ3v) is 2.94. The standard InChI is InChI=1S/C14H22N4O3/c1-3-8-18(4-2)9-7-15-14(21)17-11-5-6-12(13(19)20)16-10-11/h5-6,10H,3-4,7-9H2,1-2H3,(H,19,20)(H2,15,17,21). The summed E-state index contributed by atoms with van der Waals surface area (Å²) in [6.45, 7) is 7.54. The first-order valence-corrected chi connectivity index (χ1v) is 7.03. The molecule has 0 aliphatic carbocycles. The van der Waals surface area contributed by atoms with Crippen LogP contribution in [0, 0.1) is 0 Å². The molecule has 0 saturated carbocycles. The van der Waals surface area contributed by atoms with Gasteiger partial charge in [-0.3, -0.25) is 0 Å². The molecule has 1 aromatic heterocycles. The van der Waals surface area contributed by atoms with Crippen molar-refractivity contribution < 1.29 is 14.7 Å². The molecule has 116 valence electrons. The zero-order valence-corrected chi connectivity index (χ0v) is 12.4. The molecule has 3 N–H and O–H groups in total. The lowest BCUT2D eigenvalue weighted by Gasteiger charge is -2.19. The van der Waals surface area contributed by atoms with Gasteiger partial charge in [0.15, 0.2) is 0 Å². The second-order valence-electron chi connectivity index (χ2n) is 4.55. The van der Waals surface area contributed by atoms with Gasteiger partial charge in [0.2, 0.25) is 0 Å². The number of urea groups is 1. The van der Waals surface area contributed by atoms with E-state index in [0.29, 0.717) is 12.2 Å². The van der Waals surface area contributed by atoms with Crippen molar-refractivity contribution in [2.45, 2.75) is 20.3 Å². The van der Waals surface area contributed by atoms with Gasteiger partial charge in [0.05, 0.1) is 11.9 Å². The number of likely N-dealkylation sites (N-methyl/N-ethyl adjacent to an activating group) is 1. The molecule has 7 nitrogen and oxygen atoms in total. The lowest BCUT2D eigenvalue weighted by atomic mass is 10.3. The first kappa shape index (κ1) is 16.9. The van der Waals surface area contributed by atoms with Crippen LogP contribution in [-0.2, 0) is 0 Å². The van der Waals surface area contributed by atoms with E-state index in [1.54, 1.807) is 0 Å². The molecule has 0 bridgehead atoms. The second kappa shape index (κ2) is 8.91. The van der Waals surface area contributed by atoms with Crippen LogP contribution < -0.4 is 10.6 Å². The monoisotopic (exact) mass is 294 g/mol. The fourth-order valence-electron chi connectivity index (χ4n) is 1.84. The molecule has 21 heavy (non-hydrogen) atoms. The SMILES string of the molecule is CCCN(CC)CCNC(=O)Nc1ccc(C(=O)O)nc1. The van der Waals surface area contributed by atoms with E-state index in [4.69, 9.17) is 5.11 Å². The number of carbonyl (C=O) groups excluding carboxylic acids is 1. The quantitative estimate of drug-likeness (QED) is 0.677. The number of carboxylic acid groups (broad SMARTS) is 1. The molecule has 0 atom stereocenters. The van der Waals surface area contributed by atoms with Crippen molar-refractivity contribution in [2.75, 3.05) is 31.5 Å². The minimum atomic E-state index is -1.10. The number of hydrogen-bond donors (Lipinski definition) is 3. The topological polar surface area (TPSA) is 94.6 Å². The summed E-state index contributed by atoms with van der Waals surface area (Å²) >= 11 is 0. The Kier molecular flexibility index (Phi) is 7.17. The molecule has 7 heteroatoms. The highest BCUT2D eigenvalue weighted by Gasteiger charge is 2.06. The average molecular weight is 294 g/mol. The molecular formula is C14H22N4O3. The van der Waals surface area contributed by atoms with E-state index >= 15 is 0 Å². The van der Waals surface area contributed by atoms with Crippen molar-refractivity contribution in [3.8, 4) is 0 Å². The lowest BCUT2D eigenvalue weighted by molar-refractivity contribution is 0.0690. The van der Waals surface area contributed by atoms with E-state index in [1.165, 1.54) is 18.3 Å². The van der Waals surface area contributed by atoms with Gasteiger partial charge in [0.25, 0.3) is 0 Å². The van der Waals surface area contributed by atoms with Crippen molar-refractivity contribution in [1.29, 1.82) is 0 Å². The molecular weight excluding hydrogens is 272 g/mol. The predicted molar refractivity (Wildman–Crippen MR) is 80.6 cm³/mol. The van der Waals surface area contributed by atoms with Gasteiger partial charge in [0, 0.05) is 13.1 Å². The second-order valence-corrected chi connectivity index (χ2v) is 4.55. The largest absolute Gasteiger partial charge is 0.477 e. The fourth-order valence-corrected chi connectivity index (χ4v) is 1.84. The molecule has 0 aliphatic heterocycles. The molecule has 0 fully saturated rings. The first-order chi connectivity index (χ1) is 10.1. The van der Waals surface area contributed by atoms with Crippen molar-refractivity contribution >= 4 is 17.7 Å². The Morgan fingerprint density at radius 3 is 2.57 bits per heavy atom. The van der Waals surface area contributed by atoms with Crippen molar-refractivity contribution in [1.82, 2.24) is 15.2 Å². The zero-order valence-electron chi connectivity index (χ0n) is 12.4. The molecule has 1 aromatic rings. The summed E-state index contributed by atoms with van der Waals surface area (Å²) in [5, 5.41) is 14.1. The Balaban J connectivity index is 2.34. The van der Waals surface area contributed by atoms with E-state index in [1.807, 2.05) is 0 Å². The van der Waals surface area contributed by atoms with Gasteiger partial charge in [-0.25, -0.2) is 14.6 Å². The first-order valence-electron chi connectivity index (χ1n) is 7.03. The van der Waals surface area contributed by atoms with Crippen molar-refractivity contribution in [3.63, 3.8) is 0 Å². The van der Waals surface area contributed by atoms with Crippen LogP contribution in [0.15, 0.2) is 18.3 Å². The number of anilines is 1. The van der Waals surface area contributed by atoms with Crippen LogP contribution in [0.2, 0.25) is 0 Å². The van der Waals surface area contributed by atoms with E-state index in [2.05, 4.69) is 34.4 Å². The molecule has 0 saturated heterocycles. The van der Waals surface area contributed by atoms with Gasteiger partial charge >= 0.3 is 12.0 Å². The maximum atomic E-state index is 11.7. The Morgan fingerprint density at radius 2 is 2.05 bits per heavy atom. The number of amides is 2. The summed E-state index contributed by atoms with van der Waals surface area (Å²) in [7, 11) is 0. The molecule has 2 amide bonds. The van der Waals surface area contributed by atoms with Crippen LogP contribution in [0.3, 0.4) is 0 Å². The zero-order chi connectivity index (χ0) is 15.7. The number of carbonyl (C=O) groups is 2. The molecule has 0 radical (unpaired) electrons. The maximum Gasteiger partial charge on any atom is 0.354 e. The summed E-state index contributed by atoms with van der Waals surface area (Å²) in [5.74, 6) is -1.10. The highest BCUT2D eigenvalue weighted by atomic mass is 16.4. The lowest BCUT2D eigenvalue weighted by Crippen LogP contribution is -2.37. The van der Waals surface area contributed by atoms with Crippen molar-refractivity contribution in [2.24, 2.45) is 0 Å². The van der Waals surface area contributed by atoms with Gasteiger partial charge in [-0.05, 0) is 31.6 Å². The van der Waals surface area contributed by atoms with Crippen LogP contribution in [-0.4, -0.2) is 53.2 Å². The normalized spacial score (nSPS) is 10.4. The van der Waals surface area contributed by atoms with Gasteiger partial charge < -0.3 is 20.6 Å². The number of rotatable bonds is 8. The van der Waals surface area contributed by atoms with E-state index in [-0.39, 0.29) is 11.7 Å². The third kappa shape index (κ3) is 6.22. The minimum absolute atomic E-state index is 0.0564. The summed E-state index contributed by atoms with van der Waals surface area (Å²) < 4.78 is 0. The number of pyridine rings is 1. The van der Waals surface area contributed by atoms with Crippen LogP contribution in [0.4, 0.5) is 10.5 Å². The van der Waals surface area contributed by atoms with Crippen LogP contribution >= 0.6 is 0 Å². The van der Waals surface area contributed by atoms with Crippen molar-refractivity contribution in [3.05, 3.63) is 24.0 Å². The average Bonchev–Trinajstić information content (AvgIpc) is 2.46. The Bertz CT molecular complexity index is 462. The number of nitrogens with one attached hydrogen (secondary N) is 2. The van der Waals surface area contributed by atoms with Gasteiger partial charge in [0.1, 0.15) is 5.69 Å². The molecule has 0 spiro atoms. The van der Waals surface area contributed by atoms with Gasteiger partial charge in [-0.15, -0.1) is 0 Å². The van der Waals surface area contributed by atoms with Crippen LogP contribution in [0.25, 0.3) is 0 Å². The Labute approximate surface area is 124 Å². The number of aromatic carboxylic acids is 1. The molecule has 1 rings (SSSR count). The smallest absolute Gasteiger partial charge is 0.354 e. The van der Waals surface area contributed by atoms with Crippen LogP contribution in [0.1, 0.15) is 30.8 Å². The molecule has 0 aromatic carbocycles. The number of nitrogens with zero attached hydrogens (tertiary/aromatic N) is 2. The summed E-state index contributed by atoms with van der Waals surface area (Å²) in [5.41, 5.74) is 0.400. The minimum Gasteiger partial charge on any atom is -0.477 e. The summed E-state index contributed by atoms with van der Waals surface area (Å²) in [6.07, 6.45) is 2.40. The predicted octanol–water partition coefficient (Wildman–Crippen LogP) is 1.63. The highest BCUT2D eigenvalue weighted by molar-refractivity contribution is 5.90. The highest BCUT2D eigenvalue weighted by Crippen LogP contribution is 2.05. The summed E-state index contributed by atoms with van der Waals surface area (Å²) in [4.78, 5) is 28.3. The van der Waals surface area contributed by atoms with E-state index in [0.717, 1.165) is 26.1 Å².